The van der Waals surface area contributed by atoms with Crippen LogP contribution in [0, 0.1) is 20.8 Å². The molecule has 4 aromatic rings. The lowest BCUT2D eigenvalue weighted by molar-refractivity contribution is 0.122. The number of anilines is 1. The third-order valence-electron chi connectivity index (χ3n) is 5.37. The largest absolute Gasteiger partial charge is 0.378 e. The first kappa shape index (κ1) is 19.7. The highest BCUT2D eigenvalue weighted by molar-refractivity contribution is 7.98. The van der Waals surface area contributed by atoms with E-state index in [1.165, 1.54) is 16.7 Å². The molecule has 5 nitrogen and oxygen atoms in total. The predicted molar refractivity (Wildman–Crippen MR) is 126 cm³/mol. The van der Waals surface area contributed by atoms with Crippen LogP contribution in [-0.4, -0.2) is 41.3 Å². The summed E-state index contributed by atoms with van der Waals surface area (Å²) in [4.78, 5) is 18.2. The number of benzene rings is 1. The van der Waals surface area contributed by atoms with Crippen molar-refractivity contribution in [3.8, 4) is 0 Å². The molecule has 4 heterocycles. The van der Waals surface area contributed by atoms with Gasteiger partial charge in [0.15, 0.2) is 11.0 Å². The summed E-state index contributed by atoms with van der Waals surface area (Å²) in [5.41, 5.74) is 5.86. The molecule has 5 rings (SSSR count). The molecular weight excluding hydrogens is 412 g/mol. The van der Waals surface area contributed by atoms with Gasteiger partial charge >= 0.3 is 0 Å². The Morgan fingerprint density at radius 1 is 1.03 bits per heavy atom. The highest BCUT2D eigenvalue weighted by atomic mass is 32.2. The second-order valence-electron chi connectivity index (χ2n) is 7.74. The zero-order valence-electron chi connectivity index (χ0n) is 17.4. The first-order valence-electron chi connectivity index (χ1n) is 10.2. The van der Waals surface area contributed by atoms with Gasteiger partial charge in [-0.2, -0.15) is 0 Å². The summed E-state index contributed by atoms with van der Waals surface area (Å²) in [6, 6.07) is 10.8. The first-order chi connectivity index (χ1) is 14.6. The van der Waals surface area contributed by atoms with E-state index in [9.17, 15) is 0 Å². The summed E-state index contributed by atoms with van der Waals surface area (Å²) in [5.74, 6) is 1.88. The minimum atomic E-state index is 0.735. The fraction of sp³-hybridized carbons (Fsp3) is 0.348. The zero-order chi connectivity index (χ0) is 20.7. The van der Waals surface area contributed by atoms with E-state index in [1.54, 1.807) is 23.1 Å². The second kappa shape index (κ2) is 8.13. The number of nitrogens with zero attached hydrogens (tertiary/aromatic N) is 4. The van der Waals surface area contributed by atoms with Crippen LogP contribution in [0.1, 0.15) is 22.4 Å². The van der Waals surface area contributed by atoms with Crippen LogP contribution in [0.2, 0.25) is 0 Å². The topological polar surface area (TPSA) is 51.1 Å². The van der Waals surface area contributed by atoms with Crippen molar-refractivity contribution >= 4 is 49.3 Å². The minimum absolute atomic E-state index is 0.735. The number of ether oxygens (including phenoxy) is 1. The van der Waals surface area contributed by atoms with Crippen LogP contribution in [-0.2, 0) is 10.5 Å². The number of aromatic nitrogens is 3. The summed E-state index contributed by atoms with van der Waals surface area (Å²) in [5, 5.41) is 1.99. The number of fused-ring (bicyclic) bond motifs is 3. The number of pyridine rings is 1. The predicted octanol–water partition coefficient (Wildman–Crippen LogP) is 5.29. The average Bonchev–Trinajstić information content (AvgIpc) is 3.11. The van der Waals surface area contributed by atoms with Crippen molar-refractivity contribution in [2.45, 2.75) is 31.7 Å². The number of rotatable bonds is 4. The molecule has 0 atom stereocenters. The molecule has 0 amide bonds. The van der Waals surface area contributed by atoms with Crippen LogP contribution in [0.25, 0.3) is 20.4 Å². The molecule has 0 spiro atoms. The number of aryl methyl sites for hydroxylation is 3. The standard InChI is InChI=1S/C23H24N4OS2/c1-14-4-6-17(7-5-14)13-29-23-25-19-18-15(2)12-16(3)24-22(18)30-20(19)21(26-23)27-8-10-28-11-9-27/h4-7,12H,8-11,13H2,1-3H3. The summed E-state index contributed by atoms with van der Waals surface area (Å²) in [7, 11) is 0. The molecule has 0 bridgehead atoms. The van der Waals surface area contributed by atoms with Crippen LogP contribution >= 0.6 is 23.1 Å². The first-order valence-corrected chi connectivity index (χ1v) is 12.0. The highest BCUT2D eigenvalue weighted by Crippen LogP contribution is 2.40. The molecule has 1 aromatic carbocycles. The van der Waals surface area contributed by atoms with Gasteiger partial charge in [0.25, 0.3) is 0 Å². The Kier molecular flexibility index (Phi) is 5.35. The maximum Gasteiger partial charge on any atom is 0.190 e. The van der Waals surface area contributed by atoms with Crippen LogP contribution < -0.4 is 4.90 Å². The highest BCUT2D eigenvalue weighted by Gasteiger charge is 2.22. The van der Waals surface area contributed by atoms with E-state index in [0.717, 1.165) is 69.2 Å². The smallest absolute Gasteiger partial charge is 0.190 e. The van der Waals surface area contributed by atoms with Gasteiger partial charge in [0.2, 0.25) is 0 Å². The quantitative estimate of drug-likeness (QED) is 0.320. The molecule has 3 aromatic heterocycles. The molecule has 0 aliphatic carbocycles. The Balaban J connectivity index is 1.61. The van der Waals surface area contributed by atoms with Crippen molar-refractivity contribution in [2.75, 3.05) is 31.2 Å². The van der Waals surface area contributed by atoms with Gasteiger partial charge in [-0.3, -0.25) is 0 Å². The molecule has 0 radical (unpaired) electrons. The normalized spacial score (nSPS) is 14.7. The SMILES string of the molecule is Cc1ccc(CSc2nc(N3CCOCC3)c3sc4nc(C)cc(C)c4c3n2)cc1. The summed E-state index contributed by atoms with van der Waals surface area (Å²) >= 11 is 3.40. The van der Waals surface area contributed by atoms with Crippen molar-refractivity contribution in [2.24, 2.45) is 0 Å². The van der Waals surface area contributed by atoms with Gasteiger partial charge in [0, 0.05) is 29.9 Å². The van der Waals surface area contributed by atoms with Gasteiger partial charge in [-0.05, 0) is 38.0 Å². The molecule has 0 N–H and O–H groups in total. The molecule has 0 saturated carbocycles. The van der Waals surface area contributed by atoms with Crippen molar-refractivity contribution in [1.82, 2.24) is 15.0 Å². The molecule has 7 heteroatoms. The Labute approximate surface area is 184 Å². The Morgan fingerprint density at radius 3 is 2.57 bits per heavy atom. The Morgan fingerprint density at radius 2 is 1.80 bits per heavy atom. The van der Waals surface area contributed by atoms with Gasteiger partial charge in [-0.1, -0.05) is 41.6 Å². The molecular formula is C23H24N4OS2. The number of hydrogen-bond acceptors (Lipinski definition) is 7. The maximum absolute atomic E-state index is 5.57. The van der Waals surface area contributed by atoms with Crippen molar-refractivity contribution < 1.29 is 4.74 Å². The van der Waals surface area contributed by atoms with Crippen LogP contribution in [0.3, 0.4) is 0 Å². The number of morpholine rings is 1. The lowest BCUT2D eigenvalue weighted by atomic mass is 10.1. The Hall–Kier alpha value is -2.22. The van der Waals surface area contributed by atoms with E-state index in [0.29, 0.717) is 0 Å². The molecule has 1 fully saturated rings. The van der Waals surface area contributed by atoms with E-state index < -0.39 is 0 Å². The fourth-order valence-corrected chi connectivity index (χ4v) is 5.88. The summed E-state index contributed by atoms with van der Waals surface area (Å²) < 4.78 is 6.71. The fourth-order valence-electron chi connectivity index (χ4n) is 3.83. The van der Waals surface area contributed by atoms with E-state index in [-0.39, 0.29) is 0 Å². The molecule has 0 unspecified atom stereocenters. The second-order valence-corrected chi connectivity index (χ2v) is 9.69. The van der Waals surface area contributed by atoms with Gasteiger partial charge in [0.05, 0.1) is 23.4 Å². The molecule has 1 saturated heterocycles. The van der Waals surface area contributed by atoms with Crippen LogP contribution in [0.15, 0.2) is 35.5 Å². The van der Waals surface area contributed by atoms with Crippen molar-refractivity contribution in [1.29, 1.82) is 0 Å². The zero-order valence-corrected chi connectivity index (χ0v) is 19.1. The van der Waals surface area contributed by atoms with Gasteiger partial charge in [-0.25, -0.2) is 15.0 Å². The van der Waals surface area contributed by atoms with E-state index in [4.69, 9.17) is 19.7 Å². The lowest BCUT2D eigenvalue weighted by Gasteiger charge is -2.28. The number of thioether (sulfide) groups is 1. The van der Waals surface area contributed by atoms with Gasteiger partial charge in [-0.15, -0.1) is 11.3 Å². The maximum atomic E-state index is 5.57. The third kappa shape index (κ3) is 3.77. The van der Waals surface area contributed by atoms with E-state index in [2.05, 4.69) is 49.1 Å². The molecule has 1 aliphatic rings. The van der Waals surface area contributed by atoms with E-state index >= 15 is 0 Å². The van der Waals surface area contributed by atoms with Crippen molar-refractivity contribution in [3.63, 3.8) is 0 Å². The Bertz CT molecular complexity index is 1210. The lowest BCUT2D eigenvalue weighted by Crippen LogP contribution is -2.36. The molecule has 154 valence electrons. The number of thiophene rings is 1. The molecule has 30 heavy (non-hydrogen) atoms. The van der Waals surface area contributed by atoms with Gasteiger partial charge < -0.3 is 9.64 Å². The summed E-state index contributed by atoms with van der Waals surface area (Å²) in [6.07, 6.45) is 0. The minimum Gasteiger partial charge on any atom is -0.378 e. The molecule has 1 aliphatic heterocycles. The van der Waals surface area contributed by atoms with Crippen molar-refractivity contribution in [3.05, 3.63) is 52.7 Å². The average molecular weight is 437 g/mol. The summed E-state index contributed by atoms with van der Waals surface area (Å²) in [6.45, 7) is 9.49. The number of hydrogen-bond donors (Lipinski definition) is 0. The van der Waals surface area contributed by atoms with Crippen LogP contribution in [0.4, 0.5) is 5.82 Å². The van der Waals surface area contributed by atoms with Gasteiger partial charge in [0.1, 0.15) is 4.83 Å². The monoisotopic (exact) mass is 436 g/mol. The van der Waals surface area contributed by atoms with E-state index in [1.807, 2.05) is 6.92 Å². The van der Waals surface area contributed by atoms with Crippen LogP contribution in [0.5, 0.6) is 0 Å². The third-order valence-corrected chi connectivity index (χ3v) is 7.36.